The average Bonchev–Trinajstić information content (AvgIpc) is 3.45. The number of aryl methyl sites for hydroxylation is 2. The van der Waals surface area contributed by atoms with E-state index < -0.39 is 17.0 Å². The predicted octanol–water partition coefficient (Wildman–Crippen LogP) is 2.59. The Bertz CT molecular complexity index is 1220. The number of nitrogens with two attached hydrogens (primary N) is 1. The normalized spacial score (nSPS) is 13.8. The van der Waals surface area contributed by atoms with E-state index in [0.29, 0.717) is 5.03 Å². The lowest BCUT2D eigenvalue weighted by Gasteiger charge is -2.11. The lowest BCUT2D eigenvalue weighted by molar-refractivity contribution is 0.102. The van der Waals surface area contributed by atoms with Gasteiger partial charge in [0.15, 0.2) is 5.78 Å². The molecule has 1 aromatic carbocycles. The highest BCUT2D eigenvalue weighted by Gasteiger charge is 2.30. The minimum Gasteiger partial charge on any atom is -0.384 e. The van der Waals surface area contributed by atoms with E-state index in [-0.39, 0.29) is 23.2 Å². The fourth-order valence-corrected chi connectivity index (χ4v) is 4.19. The van der Waals surface area contributed by atoms with Crippen LogP contribution in [0.2, 0.25) is 0 Å². The second kappa shape index (κ2) is 6.94. The molecule has 1 aliphatic carbocycles. The number of aromatic amines is 1. The van der Waals surface area contributed by atoms with E-state index in [4.69, 9.17) is 5.73 Å². The summed E-state index contributed by atoms with van der Waals surface area (Å²) in [5, 5.41) is 1.78. The summed E-state index contributed by atoms with van der Waals surface area (Å²) in [4.78, 5) is 43.8. The number of carbonyl (C=O) groups is 1. The highest BCUT2D eigenvalue weighted by molar-refractivity contribution is 7.99. The number of benzene rings is 1. The van der Waals surface area contributed by atoms with Gasteiger partial charge >= 0.3 is 5.69 Å². The Morgan fingerprint density at radius 3 is 2.75 bits per heavy atom. The standard InChI is InChI=1S/C20H20N4O3S/c1-10-4-3-5-13-11(2)8-15(22-17(10)13)28-9-14(25)16-18(21)24(12-6-7-12)20(27)23-19(16)26/h3-5,8,12H,6-7,9,21H2,1-2H3,(H,23,26,27). The summed E-state index contributed by atoms with van der Waals surface area (Å²) in [5.74, 6) is -0.442. The molecule has 0 radical (unpaired) electrons. The van der Waals surface area contributed by atoms with Crippen LogP contribution in [0.25, 0.3) is 10.9 Å². The maximum Gasteiger partial charge on any atom is 0.330 e. The number of para-hydroxylation sites is 1. The maximum atomic E-state index is 12.7. The van der Waals surface area contributed by atoms with E-state index in [1.807, 2.05) is 38.1 Å². The second-order valence-electron chi connectivity index (χ2n) is 7.08. The number of nitrogens with zero attached hydrogens (tertiary/aromatic N) is 2. The fraction of sp³-hybridized carbons (Fsp3) is 0.300. The highest BCUT2D eigenvalue weighted by atomic mass is 32.2. The molecular weight excluding hydrogens is 376 g/mol. The molecule has 0 spiro atoms. The van der Waals surface area contributed by atoms with Crippen LogP contribution in [0.5, 0.6) is 0 Å². The number of nitrogens with one attached hydrogen (secondary N) is 1. The number of hydrogen-bond donors (Lipinski definition) is 2. The lowest BCUT2D eigenvalue weighted by Crippen LogP contribution is -2.36. The van der Waals surface area contributed by atoms with Crippen molar-refractivity contribution in [2.45, 2.75) is 37.8 Å². The van der Waals surface area contributed by atoms with Crippen LogP contribution in [-0.2, 0) is 0 Å². The van der Waals surface area contributed by atoms with Crippen LogP contribution >= 0.6 is 11.8 Å². The number of pyridine rings is 1. The molecule has 0 bridgehead atoms. The Balaban J connectivity index is 1.63. The van der Waals surface area contributed by atoms with Crippen LogP contribution in [0.4, 0.5) is 5.82 Å². The third-order valence-corrected chi connectivity index (χ3v) is 5.86. The number of ketones is 1. The van der Waals surface area contributed by atoms with Crippen LogP contribution < -0.4 is 17.0 Å². The number of anilines is 1. The molecule has 4 rings (SSSR count). The molecule has 0 unspecified atom stereocenters. The van der Waals surface area contributed by atoms with E-state index in [1.165, 1.54) is 16.3 Å². The number of carbonyl (C=O) groups excluding carboxylic acids is 1. The second-order valence-corrected chi connectivity index (χ2v) is 8.08. The lowest BCUT2D eigenvalue weighted by atomic mass is 10.1. The minimum absolute atomic E-state index is 0.0139. The summed E-state index contributed by atoms with van der Waals surface area (Å²) in [6.45, 7) is 4.00. The van der Waals surface area contributed by atoms with Gasteiger partial charge in [-0.3, -0.25) is 19.1 Å². The summed E-state index contributed by atoms with van der Waals surface area (Å²) in [7, 11) is 0. The molecule has 1 fully saturated rings. The fourth-order valence-electron chi connectivity index (χ4n) is 3.35. The van der Waals surface area contributed by atoms with Crippen molar-refractivity contribution >= 4 is 34.3 Å². The van der Waals surface area contributed by atoms with Crippen molar-refractivity contribution < 1.29 is 4.79 Å². The predicted molar refractivity (Wildman–Crippen MR) is 110 cm³/mol. The zero-order valence-corrected chi connectivity index (χ0v) is 16.4. The number of H-pyrrole nitrogens is 1. The molecule has 7 nitrogen and oxygen atoms in total. The Hall–Kier alpha value is -2.87. The molecule has 1 aliphatic rings. The van der Waals surface area contributed by atoms with E-state index in [9.17, 15) is 14.4 Å². The first-order valence-corrected chi connectivity index (χ1v) is 10.0. The molecule has 0 saturated heterocycles. The van der Waals surface area contributed by atoms with Crippen LogP contribution in [0.1, 0.15) is 40.4 Å². The third kappa shape index (κ3) is 3.24. The minimum atomic E-state index is -0.733. The molecule has 1 saturated carbocycles. The SMILES string of the molecule is Cc1cc(SCC(=O)c2c(N)n(C3CC3)c(=O)[nH]c2=O)nc2c(C)cccc12. The maximum absolute atomic E-state index is 12.7. The van der Waals surface area contributed by atoms with Crippen LogP contribution in [0.3, 0.4) is 0 Å². The Kier molecular flexibility index (Phi) is 4.58. The van der Waals surface area contributed by atoms with Crippen LogP contribution in [0, 0.1) is 13.8 Å². The number of thioether (sulfide) groups is 1. The molecule has 3 aromatic rings. The van der Waals surface area contributed by atoms with Crippen molar-refractivity contribution in [1.29, 1.82) is 0 Å². The quantitative estimate of drug-likeness (QED) is 0.507. The van der Waals surface area contributed by atoms with Crippen molar-refractivity contribution in [2.24, 2.45) is 0 Å². The molecule has 0 atom stereocenters. The number of Topliss-reactive ketones (excluding diaryl/α,β-unsaturated/α-hetero) is 1. The summed E-state index contributed by atoms with van der Waals surface area (Å²) in [5.41, 5.74) is 7.61. The zero-order chi connectivity index (χ0) is 20.0. The number of aromatic nitrogens is 3. The first-order chi connectivity index (χ1) is 13.4. The van der Waals surface area contributed by atoms with Gasteiger partial charge in [-0.1, -0.05) is 30.0 Å². The van der Waals surface area contributed by atoms with E-state index in [1.54, 1.807) is 0 Å². The van der Waals surface area contributed by atoms with Gasteiger partial charge in [-0.2, -0.15) is 0 Å². The average molecular weight is 396 g/mol. The number of rotatable bonds is 5. The van der Waals surface area contributed by atoms with Crippen molar-refractivity contribution in [2.75, 3.05) is 11.5 Å². The summed E-state index contributed by atoms with van der Waals surface area (Å²) < 4.78 is 1.32. The zero-order valence-electron chi connectivity index (χ0n) is 15.6. The number of fused-ring (bicyclic) bond motifs is 1. The number of nitrogen functional groups attached to an aromatic ring is 1. The van der Waals surface area contributed by atoms with Gasteiger partial charge in [0.2, 0.25) is 0 Å². The van der Waals surface area contributed by atoms with Gasteiger partial charge in [-0.05, 0) is 43.9 Å². The van der Waals surface area contributed by atoms with Crippen molar-refractivity contribution in [1.82, 2.24) is 14.5 Å². The van der Waals surface area contributed by atoms with Crippen molar-refractivity contribution in [3.63, 3.8) is 0 Å². The molecule has 144 valence electrons. The summed E-state index contributed by atoms with van der Waals surface area (Å²) in [6, 6.07) is 7.91. The highest BCUT2D eigenvalue weighted by Crippen LogP contribution is 2.35. The molecule has 8 heteroatoms. The smallest absolute Gasteiger partial charge is 0.330 e. The van der Waals surface area contributed by atoms with Gasteiger partial charge < -0.3 is 5.73 Å². The summed E-state index contributed by atoms with van der Waals surface area (Å²) in [6.07, 6.45) is 1.64. The molecule has 0 amide bonds. The molecule has 3 N–H and O–H groups in total. The summed E-state index contributed by atoms with van der Waals surface area (Å²) >= 11 is 1.26. The van der Waals surface area contributed by atoms with Crippen LogP contribution in [0.15, 0.2) is 38.9 Å². The van der Waals surface area contributed by atoms with Crippen molar-refractivity contribution in [3.05, 3.63) is 61.8 Å². The van der Waals surface area contributed by atoms with Gasteiger partial charge in [0.05, 0.1) is 16.3 Å². The topological polar surface area (TPSA) is 111 Å². The van der Waals surface area contributed by atoms with Gasteiger partial charge in [0, 0.05) is 11.4 Å². The largest absolute Gasteiger partial charge is 0.384 e. The number of hydrogen-bond acceptors (Lipinski definition) is 6. The Morgan fingerprint density at radius 1 is 1.29 bits per heavy atom. The molecule has 0 aliphatic heterocycles. The molecular formula is C20H20N4O3S. The van der Waals surface area contributed by atoms with Gasteiger partial charge in [0.1, 0.15) is 11.4 Å². The molecule has 28 heavy (non-hydrogen) atoms. The molecule has 2 aromatic heterocycles. The Labute approximate surface area is 165 Å². The van der Waals surface area contributed by atoms with Gasteiger partial charge in [0.25, 0.3) is 5.56 Å². The van der Waals surface area contributed by atoms with Gasteiger partial charge in [-0.25, -0.2) is 9.78 Å². The third-order valence-electron chi connectivity index (χ3n) is 4.95. The first kappa shape index (κ1) is 18.5. The van der Waals surface area contributed by atoms with Crippen LogP contribution in [-0.4, -0.2) is 26.1 Å². The van der Waals surface area contributed by atoms with Gasteiger partial charge in [-0.15, -0.1) is 0 Å². The Morgan fingerprint density at radius 2 is 2.04 bits per heavy atom. The first-order valence-electron chi connectivity index (χ1n) is 9.04. The molecule has 2 heterocycles. The monoisotopic (exact) mass is 396 g/mol. The van der Waals surface area contributed by atoms with Crippen molar-refractivity contribution in [3.8, 4) is 0 Å². The van der Waals surface area contributed by atoms with E-state index in [2.05, 4.69) is 9.97 Å². The van der Waals surface area contributed by atoms with E-state index in [0.717, 1.165) is 34.9 Å². The van der Waals surface area contributed by atoms with E-state index >= 15 is 0 Å².